The summed E-state index contributed by atoms with van der Waals surface area (Å²) < 4.78 is 4.99. The van der Waals surface area contributed by atoms with Crippen LogP contribution in [-0.2, 0) is 9.53 Å². The Balaban J connectivity index is 2.48. The maximum atomic E-state index is 11.4. The van der Waals surface area contributed by atoms with E-state index in [0.29, 0.717) is 6.61 Å². The maximum Gasteiger partial charge on any atom is 0.180 e. The first-order valence-corrected chi connectivity index (χ1v) is 5.03. The van der Waals surface area contributed by atoms with Gasteiger partial charge in [-0.25, -0.2) is 0 Å². The number of thiophene rings is 1. The van der Waals surface area contributed by atoms with Crippen LogP contribution < -0.4 is 5.73 Å². The van der Waals surface area contributed by atoms with E-state index in [2.05, 4.69) is 0 Å². The van der Waals surface area contributed by atoms with Gasteiger partial charge < -0.3 is 10.5 Å². The van der Waals surface area contributed by atoms with Crippen molar-refractivity contribution in [2.75, 3.05) is 13.2 Å². The summed E-state index contributed by atoms with van der Waals surface area (Å²) in [6, 6.07) is 3.22. The van der Waals surface area contributed by atoms with E-state index < -0.39 is 6.04 Å². The molecule has 1 aromatic rings. The second-order valence-electron chi connectivity index (χ2n) is 2.60. The van der Waals surface area contributed by atoms with Crippen molar-refractivity contribution in [3.63, 3.8) is 0 Å². The molecule has 4 heteroatoms. The minimum atomic E-state index is -0.522. The second-order valence-corrected chi connectivity index (χ2v) is 3.58. The van der Waals surface area contributed by atoms with E-state index in [4.69, 9.17) is 10.5 Å². The lowest BCUT2D eigenvalue weighted by Gasteiger charge is -2.07. The first-order valence-electron chi connectivity index (χ1n) is 4.15. The second kappa shape index (κ2) is 5.11. The molecule has 0 bridgehead atoms. The monoisotopic (exact) mass is 199 g/mol. The molecule has 1 atom stereocenters. The van der Waals surface area contributed by atoms with Gasteiger partial charge in [-0.3, -0.25) is 4.79 Å². The molecule has 0 aliphatic rings. The minimum Gasteiger partial charge on any atom is -0.374 e. The summed E-state index contributed by atoms with van der Waals surface area (Å²) in [4.78, 5) is 12.3. The van der Waals surface area contributed by atoms with Crippen LogP contribution in [0.3, 0.4) is 0 Å². The van der Waals surface area contributed by atoms with Crippen LogP contribution in [0.4, 0.5) is 0 Å². The van der Waals surface area contributed by atoms with Crippen LogP contribution in [-0.4, -0.2) is 19.0 Å². The normalized spacial score (nSPS) is 12.8. The van der Waals surface area contributed by atoms with Crippen LogP contribution in [0.2, 0.25) is 0 Å². The van der Waals surface area contributed by atoms with Crippen LogP contribution >= 0.6 is 11.3 Å². The third-order valence-corrected chi connectivity index (χ3v) is 2.60. The van der Waals surface area contributed by atoms with Crippen molar-refractivity contribution in [1.29, 1.82) is 0 Å². The first-order chi connectivity index (χ1) is 6.25. The Morgan fingerprint density at radius 2 is 2.54 bits per heavy atom. The highest BCUT2D eigenvalue weighted by atomic mass is 32.1. The van der Waals surface area contributed by atoms with Crippen LogP contribution in [0.5, 0.6) is 0 Å². The smallest absolute Gasteiger partial charge is 0.180 e. The molecule has 3 nitrogen and oxygen atoms in total. The third kappa shape index (κ3) is 2.91. The lowest BCUT2D eigenvalue weighted by Crippen LogP contribution is -2.24. The zero-order chi connectivity index (χ0) is 9.68. The number of carbonyl (C=O) groups is 1. The zero-order valence-electron chi connectivity index (χ0n) is 7.53. The summed E-state index contributed by atoms with van der Waals surface area (Å²) in [6.45, 7) is 2.50. The lowest BCUT2D eigenvalue weighted by molar-refractivity contribution is -0.124. The topological polar surface area (TPSA) is 52.3 Å². The van der Waals surface area contributed by atoms with Crippen molar-refractivity contribution in [1.82, 2.24) is 0 Å². The molecular weight excluding hydrogens is 186 g/mol. The molecule has 0 aromatic carbocycles. The van der Waals surface area contributed by atoms with E-state index in [1.54, 1.807) is 0 Å². The van der Waals surface area contributed by atoms with Crippen LogP contribution in [0.15, 0.2) is 17.5 Å². The highest BCUT2D eigenvalue weighted by Gasteiger charge is 2.15. The molecule has 0 spiro atoms. The molecule has 13 heavy (non-hydrogen) atoms. The molecule has 1 rings (SSSR count). The molecule has 0 aliphatic heterocycles. The SMILES string of the molecule is CCOCC(=O)C(N)c1cccs1. The van der Waals surface area contributed by atoms with Gasteiger partial charge in [0.1, 0.15) is 12.6 Å². The highest BCUT2D eigenvalue weighted by molar-refractivity contribution is 7.10. The van der Waals surface area contributed by atoms with Crippen LogP contribution in [0, 0.1) is 0 Å². The molecule has 0 saturated heterocycles. The molecule has 1 heterocycles. The van der Waals surface area contributed by atoms with Gasteiger partial charge in [0.15, 0.2) is 5.78 Å². The predicted octanol–water partition coefficient (Wildman–Crippen LogP) is 1.35. The number of Topliss-reactive ketones (excluding diaryl/α,β-unsaturated/α-hetero) is 1. The van der Waals surface area contributed by atoms with Crippen molar-refractivity contribution >= 4 is 17.1 Å². The van der Waals surface area contributed by atoms with E-state index in [1.165, 1.54) is 11.3 Å². The molecule has 1 unspecified atom stereocenters. The average Bonchev–Trinajstić information content (AvgIpc) is 2.65. The summed E-state index contributed by atoms with van der Waals surface area (Å²) in [5.74, 6) is -0.0655. The fraction of sp³-hybridized carbons (Fsp3) is 0.444. The van der Waals surface area contributed by atoms with Crippen LogP contribution in [0.1, 0.15) is 17.8 Å². The number of rotatable bonds is 5. The predicted molar refractivity (Wildman–Crippen MR) is 52.7 cm³/mol. The van der Waals surface area contributed by atoms with E-state index >= 15 is 0 Å². The fourth-order valence-electron chi connectivity index (χ4n) is 0.919. The van der Waals surface area contributed by atoms with E-state index in [-0.39, 0.29) is 12.4 Å². The van der Waals surface area contributed by atoms with Gasteiger partial charge in [-0.15, -0.1) is 11.3 Å². The van der Waals surface area contributed by atoms with Gasteiger partial charge in [-0.1, -0.05) is 6.07 Å². The molecule has 1 aromatic heterocycles. The minimum absolute atomic E-state index is 0.0655. The molecule has 0 saturated carbocycles. The number of ketones is 1. The van der Waals surface area contributed by atoms with Gasteiger partial charge in [0.25, 0.3) is 0 Å². The van der Waals surface area contributed by atoms with Crippen molar-refractivity contribution in [3.8, 4) is 0 Å². The molecule has 2 N–H and O–H groups in total. The van der Waals surface area contributed by atoms with E-state index in [1.807, 2.05) is 24.4 Å². The number of carbonyl (C=O) groups excluding carboxylic acids is 1. The number of hydrogen-bond donors (Lipinski definition) is 1. The van der Waals surface area contributed by atoms with Crippen molar-refractivity contribution in [2.24, 2.45) is 5.73 Å². The quantitative estimate of drug-likeness (QED) is 0.779. The van der Waals surface area contributed by atoms with Gasteiger partial charge in [0, 0.05) is 11.5 Å². The Kier molecular flexibility index (Phi) is 4.08. The standard InChI is InChI=1S/C9H13NO2S/c1-2-12-6-7(11)9(10)8-4-3-5-13-8/h3-5,9H,2,6,10H2,1H3. The van der Waals surface area contributed by atoms with Crippen molar-refractivity contribution in [2.45, 2.75) is 13.0 Å². The number of ether oxygens (including phenoxy) is 1. The first kappa shape index (κ1) is 10.4. The van der Waals surface area contributed by atoms with Crippen molar-refractivity contribution < 1.29 is 9.53 Å². The Morgan fingerprint density at radius 3 is 3.08 bits per heavy atom. The van der Waals surface area contributed by atoms with Crippen molar-refractivity contribution in [3.05, 3.63) is 22.4 Å². The molecule has 0 fully saturated rings. The fourth-order valence-corrected chi connectivity index (χ4v) is 1.67. The zero-order valence-corrected chi connectivity index (χ0v) is 8.34. The maximum absolute atomic E-state index is 11.4. The lowest BCUT2D eigenvalue weighted by atomic mass is 10.2. The summed E-state index contributed by atoms with van der Waals surface area (Å²) in [5, 5.41) is 1.91. The summed E-state index contributed by atoms with van der Waals surface area (Å²) in [6.07, 6.45) is 0. The molecule has 72 valence electrons. The molecular formula is C9H13NO2S. The van der Waals surface area contributed by atoms with Gasteiger partial charge in [-0.05, 0) is 18.4 Å². The number of nitrogens with two attached hydrogens (primary N) is 1. The van der Waals surface area contributed by atoms with Crippen LogP contribution in [0.25, 0.3) is 0 Å². The molecule has 0 aliphatic carbocycles. The Hall–Kier alpha value is -0.710. The van der Waals surface area contributed by atoms with Gasteiger partial charge in [0.05, 0.1) is 0 Å². The summed E-state index contributed by atoms with van der Waals surface area (Å²) in [7, 11) is 0. The van der Waals surface area contributed by atoms with E-state index in [9.17, 15) is 4.79 Å². The molecule has 0 radical (unpaired) electrons. The highest BCUT2D eigenvalue weighted by Crippen LogP contribution is 2.17. The largest absolute Gasteiger partial charge is 0.374 e. The number of hydrogen-bond acceptors (Lipinski definition) is 4. The van der Waals surface area contributed by atoms with E-state index in [0.717, 1.165) is 4.88 Å². The summed E-state index contributed by atoms with van der Waals surface area (Å²) in [5.41, 5.74) is 5.70. The Bertz CT molecular complexity index is 259. The van der Waals surface area contributed by atoms with Gasteiger partial charge >= 0.3 is 0 Å². The van der Waals surface area contributed by atoms with Gasteiger partial charge in [-0.2, -0.15) is 0 Å². The van der Waals surface area contributed by atoms with Gasteiger partial charge in [0.2, 0.25) is 0 Å². The molecule has 0 amide bonds. The third-order valence-electron chi connectivity index (χ3n) is 1.65. The Morgan fingerprint density at radius 1 is 1.77 bits per heavy atom. The average molecular weight is 199 g/mol. The summed E-state index contributed by atoms with van der Waals surface area (Å²) >= 11 is 1.49. The Labute approximate surface area is 81.5 Å².